The average molecular weight is 757 g/mol. The van der Waals surface area contributed by atoms with E-state index in [0.717, 1.165) is 12.1 Å². The highest BCUT2D eigenvalue weighted by atomic mass is 16.7. The maximum Gasteiger partial charge on any atom is 0.239 e. The van der Waals surface area contributed by atoms with Crippen molar-refractivity contribution in [1.29, 1.82) is 0 Å². The van der Waals surface area contributed by atoms with Gasteiger partial charge in [-0.3, -0.25) is 4.79 Å². The summed E-state index contributed by atoms with van der Waals surface area (Å²) in [6.07, 6.45) is -24.7. The second-order valence-electron chi connectivity index (χ2n) is 12.9. The fourth-order valence-electron chi connectivity index (χ4n) is 6.14. The number of benzene rings is 2. The Labute approximate surface area is 298 Å². The summed E-state index contributed by atoms with van der Waals surface area (Å²) in [5, 5.41) is 123. The summed E-state index contributed by atoms with van der Waals surface area (Å²) in [5.41, 5.74) is -1.26. The summed E-state index contributed by atoms with van der Waals surface area (Å²) in [6.45, 7) is 0.0485. The highest BCUT2D eigenvalue weighted by molar-refractivity contribution is 5.88. The van der Waals surface area contributed by atoms with Crippen molar-refractivity contribution >= 4 is 11.0 Å². The van der Waals surface area contributed by atoms with Crippen LogP contribution in [0.5, 0.6) is 23.0 Å². The first-order valence-corrected chi connectivity index (χ1v) is 16.4. The molecule has 3 saturated heterocycles. The number of aliphatic hydroxyl groups excluding tert-OH is 10. The molecule has 4 heterocycles. The van der Waals surface area contributed by atoms with Crippen LogP contribution in [0.3, 0.4) is 0 Å². The molecular weight excluding hydrogens is 716 g/mol. The average Bonchev–Trinajstić information content (AvgIpc) is 3.13. The normalized spacial score (nSPS) is 37.8. The number of hydrogen-bond donors (Lipinski definition) is 12. The van der Waals surface area contributed by atoms with Crippen LogP contribution in [-0.4, -0.2) is 167 Å². The maximum atomic E-state index is 14.0. The second-order valence-corrected chi connectivity index (χ2v) is 12.9. The van der Waals surface area contributed by atoms with Gasteiger partial charge in [0, 0.05) is 17.7 Å². The first-order valence-electron chi connectivity index (χ1n) is 16.4. The van der Waals surface area contributed by atoms with Crippen LogP contribution in [0.1, 0.15) is 6.92 Å². The van der Waals surface area contributed by atoms with Gasteiger partial charge in [0.2, 0.25) is 23.8 Å². The zero-order valence-electron chi connectivity index (χ0n) is 27.7. The largest absolute Gasteiger partial charge is 0.508 e. The monoisotopic (exact) mass is 756 g/mol. The lowest BCUT2D eigenvalue weighted by Crippen LogP contribution is -2.61. The lowest BCUT2D eigenvalue weighted by atomic mass is 9.98. The highest BCUT2D eigenvalue weighted by Crippen LogP contribution is 2.39. The predicted molar refractivity (Wildman–Crippen MR) is 171 cm³/mol. The molecule has 0 saturated carbocycles. The molecule has 20 nitrogen and oxygen atoms in total. The zero-order chi connectivity index (χ0) is 38.5. The summed E-state index contributed by atoms with van der Waals surface area (Å²) in [6, 6.07) is 7.20. The molecule has 0 aliphatic carbocycles. The summed E-state index contributed by atoms with van der Waals surface area (Å²) in [4.78, 5) is 14.0. The molecule has 12 N–H and O–H groups in total. The minimum Gasteiger partial charge on any atom is -0.508 e. The van der Waals surface area contributed by atoms with E-state index in [9.17, 15) is 66.1 Å². The van der Waals surface area contributed by atoms with Gasteiger partial charge in [0.15, 0.2) is 12.1 Å². The number of phenolic OH excluding ortho intramolecular Hbond substituents is 2. The van der Waals surface area contributed by atoms with Gasteiger partial charge in [-0.25, -0.2) is 0 Å². The van der Waals surface area contributed by atoms with Crippen LogP contribution in [0.2, 0.25) is 0 Å². The van der Waals surface area contributed by atoms with Crippen LogP contribution in [0.4, 0.5) is 0 Å². The summed E-state index contributed by atoms with van der Waals surface area (Å²) in [5.74, 6) is -2.21. The lowest BCUT2D eigenvalue weighted by Gasteiger charge is -2.42. The van der Waals surface area contributed by atoms with E-state index in [2.05, 4.69) is 0 Å². The topological polar surface area (TPSA) is 328 Å². The van der Waals surface area contributed by atoms with Gasteiger partial charge in [-0.15, -0.1) is 0 Å². The SMILES string of the molecule is C[C@@H]1O[C@@H](OC[C@H]2O[C@@H](Oc3c(-c4ccc(O)cc4)oc4cc(O[C@@H]5O[C@@H](CO)[C@H](O)[C@H](O)[C@H]5O)cc(O)c4c3=O)[C@H](O)[C@@H](O)[C@@H]2O)[C@H](O)[C@@H](O)[C@H]1O. The molecule has 3 fully saturated rings. The number of aromatic hydroxyl groups is 2. The molecular formula is C33H40O20. The first-order chi connectivity index (χ1) is 25.1. The highest BCUT2D eigenvalue weighted by Gasteiger charge is 2.48. The minimum absolute atomic E-state index is 0.112. The van der Waals surface area contributed by atoms with E-state index in [0.29, 0.717) is 0 Å². The van der Waals surface area contributed by atoms with Crippen LogP contribution in [0.25, 0.3) is 22.3 Å². The number of rotatable bonds is 9. The molecule has 15 atom stereocenters. The third-order valence-corrected chi connectivity index (χ3v) is 9.27. The molecule has 292 valence electrons. The van der Waals surface area contributed by atoms with Crippen molar-refractivity contribution < 1.29 is 94.1 Å². The number of ether oxygens (including phenoxy) is 6. The number of aliphatic hydroxyl groups is 10. The number of phenols is 2. The maximum absolute atomic E-state index is 14.0. The zero-order valence-corrected chi connectivity index (χ0v) is 27.7. The smallest absolute Gasteiger partial charge is 0.239 e. The van der Waals surface area contributed by atoms with Gasteiger partial charge in [-0.1, -0.05) is 0 Å². The van der Waals surface area contributed by atoms with Gasteiger partial charge >= 0.3 is 0 Å². The van der Waals surface area contributed by atoms with E-state index >= 15 is 0 Å². The van der Waals surface area contributed by atoms with Crippen LogP contribution >= 0.6 is 0 Å². The van der Waals surface area contributed by atoms with Gasteiger partial charge in [-0.05, 0) is 31.2 Å². The number of hydrogen-bond acceptors (Lipinski definition) is 20. The Morgan fingerprint density at radius 2 is 1.23 bits per heavy atom. The Morgan fingerprint density at radius 3 is 1.87 bits per heavy atom. The van der Waals surface area contributed by atoms with Crippen molar-refractivity contribution in [2.45, 2.75) is 99.0 Å². The molecule has 0 bridgehead atoms. The van der Waals surface area contributed by atoms with Gasteiger partial charge in [0.1, 0.15) is 95.4 Å². The molecule has 0 amide bonds. The van der Waals surface area contributed by atoms with Gasteiger partial charge in [0.25, 0.3) is 0 Å². The van der Waals surface area contributed by atoms with Gasteiger partial charge in [-0.2, -0.15) is 0 Å². The second kappa shape index (κ2) is 15.6. The summed E-state index contributed by atoms with van der Waals surface area (Å²) >= 11 is 0. The standard InChI is InChI=1S/C33H40O20/c1-10-19(37)23(41)26(44)31(48-10)47-9-17-21(39)25(43)28(46)33(52-17)53-30-22(40)18-14(36)6-13(49-32-27(45)24(42)20(38)16(8-34)51-32)7-15(18)50-29(30)11-2-4-12(35)5-3-11/h2-7,10,16-17,19-21,23-28,31-39,41-46H,8-9H2,1H3/t10-,16-,17+,19-,20-,21+,23-,24-,25-,26+,27+,28+,31+,32+,33-/m0/s1. The lowest BCUT2D eigenvalue weighted by molar-refractivity contribution is -0.318. The molecule has 3 aromatic rings. The third-order valence-electron chi connectivity index (χ3n) is 9.27. The quantitative estimate of drug-likeness (QED) is 0.0992. The van der Waals surface area contributed by atoms with Crippen molar-refractivity contribution in [3.63, 3.8) is 0 Å². The Kier molecular flexibility index (Phi) is 11.5. The Morgan fingerprint density at radius 1 is 0.660 bits per heavy atom. The molecule has 0 spiro atoms. The van der Waals surface area contributed by atoms with E-state index in [-0.39, 0.29) is 28.4 Å². The molecule has 2 aromatic carbocycles. The fraction of sp³-hybridized carbons (Fsp3) is 0.545. The molecule has 3 aliphatic heterocycles. The first kappa shape index (κ1) is 39.0. The molecule has 6 rings (SSSR count). The van der Waals surface area contributed by atoms with E-state index in [1.165, 1.54) is 31.2 Å². The van der Waals surface area contributed by atoms with Gasteiger partial charge in [0.05, 0.1) is 19.3 Å². The van der Waals surface area contributed by atoms with Crippen molar-refractivity contribution in [3.05, 3.63) is 46.6 Å². The Hall–Kier alpha value is -3.71. The predicted octanol–water partition coefficient (Wildman–Crippen LogP) is -3.92. The van der Waals surface area contributed by atoms with E-state index in [1.54, 1.807) is 0 Å². The Bertz CT molecular complexity index is 1780. The fourth-order valence-corrected chi connectivity index (χ4v) is 6.14. The van der Waals surface area contributed by atoms with E-state index in [4.69, 9.17) is 32.8 Å². The molecule has 53 heavy (non-hydrogen) atoms. The van der Waals surface area contributed by atoms with Crippen LogP contribution < -0.4 is 14.9 Å². The van der Waals surface area contributed by atoms with Crippen molar-refractivity contribution in [1.82, 2.24) is 0 Å². The summed E-state index contributed by atoms with van der Waals surface area (Å²) in [7, 11) is 0. The molecule has 20 heteroatoms. The molecule has 1 aromatic heterocycles. The van der Waals surface area contributed by atoms with Crippen LogP contribution in [-0.2, 0) is 18.9 Å². The summed E-state index contributed by atoms with van der Waals surface area (Å²) < 4.78 is 39.3. The third kappa shape index (κ3) is 7.52. The number of fused-ring (bicyclic) bond motifs is 1. The minimum atomic E-state index is -2.00. The Balaban J connectivity index is 1.32. The van der Waals surface area contributed by atoms with Crippen molar-refractivity contribution in [2.24, 2.45) is 0 Å². The van der Waals surface area contributed by atoms with Gasteiger partial charge < -0.3 is 94.1 Å². The van der Waals surface area contributed by atoms with Crippen LogP contribution in [0, 0.1) is 0 Å². The molecule has 0 unspecified atom stereocenters. The van der Waals surface area contributed by atoms with E-state index < -0.39 is 128 Å². The van der Waals surface area contributed by atoms with Crippen LogP contribution in [0.15, 0.2) is 45.6 Å². The van der Waals surface area contributed by atoms with Crippen molar-refractivity contribution in [2.75, 3.05) is 13.2 Å². The molecule has 0 radical (unpaired) electrons. The van der Waals surface area contributed by atoms with E-state index in [1.807, 2.05) is 0 Å². The molecule has 3 aliphatic rings. The van der Waals surface area contributed by atoms with Crippen molar-refractivity contribution in [3.8, 4) is 34.3 Å².